The van der Waals surface area contributed by atoms with Gasteiger partial charge >= 0.3 is 0 Å². The molecule has 0 spiro atoms. The largest absolute Gasteiger partial charge is 0.467 e. The van der Waals surface area contributed by atoms with Gasteiger partial charge in [-0.2, -0.15) is 0 Å². The van der Waals surface area contributed by atoms with E-state index in [4.69, 9.17) is 4.42 Å². The van der Waals surface area contributed by atoms with Gasteiger partial charge in [-0.05, 0) is 48.4 Å². The first-order chi connectivity index (χ1) is 13.1. The SMILES string of the molecule is O=C(NCCc1ccccc1F)c1cccc(C(=O)NCc2ccco2)c1. The Morgan fingerprint density at radius 1 is 0.889 bits per heavy atom. The number of carbonyl (C=O) groups is 2. The Labute approximate surface area is 156 Å². The molecule has 2 N–H and O–H groups in total. The number of rotatable bonds is 7. The molecular weight excluding hydrogens is 347 g/mol. The summed E-state index contributed by atoms with van der Waals surface area (Å²) in [5.41, 5.74) is 1.29. The molecule has 138 valence electrons. The van der Waals surface area contributed by atoms with E-state index in [0.29, 0.717) is 35.4 Å². The zero-order chi connectivity index (χ0) is 19.1. The van der Waals surface area contributed by atoms with E-state index in [2.05, 4.69) is 10.6 Å². The van der Waals surface area contributed by atoms with Crippen molar-refractivity contribution in [2.75, 3.05) is 6.54 Å². The summed E-state index contributed by atoms with van der Waals surface area (Å²) in [4.78, 5) is 24.5. The predicted octanol–water partition coefficient (Wildman–Crippen LogP) is 3.32. The number of amides is 2. The molecule has 3 aromatic rings. The smallest absolute Gasteiger partial charge is 0.251 e. The monoisotopic (exact) mass is 366 g/mol. The van der Waals surface area contributed by atoms with Crippen molar-refractivity contribution >= 4 is 11.8 Å². The van der Waals surface area contributed by atoms with Crippen molar-refractivity contribution in [2.45, 2.75) is 13.0 Å². The maximum Gasteiger partial charge on any atom is 0.251 e. The normalized spacial score (nSPS) is 10.4. The van der Waals surface area contributed by atoms with E-state index in [0.717, 1.165) is 0 Å². The lowest BCUT2D eigenvalue weighted by Gasteiger charge is -2.08. The molecule has 0 fully saturated rings. The van der Waals surface area contributed by atoms with Gasteiger partial charge in [0.25, 0.3) is 11.8 Å². The summed E-state index contributed by atoms with van der Waals surface area (Å²) in [6.07, 6.45) is 1.93. The van der Waals surface area contributed by atoms with Crippen molar-refractivity contribution in [3.63, 3.8) is 0 Å². The number of halogens is 1. The Bertz CT molecular complexity index is 923. The topological polar surface area (TPSA) is 71.3 Å². The number of furan rings is 1. The van der Waals surface area contributed by atoms with Gasteiger partial charge in [0.2, 0.25) is 0 Å². The zero-order valence-electron chi connectivity index (χ0n) is 14.6. The van der Waals surface area contributed by atoms with Gasteiger partial charge in [0, 0.05) is 17.7 Å². The van der Waals surface area contributed by atoms with E-state index in [9.17, 15) is 14.0 Å². The number of hydrogen-bond acceptors (Lipinski definition) is 3. The summed E-state index contributed by atoms with van der Waals surface area (Å²) >= 11 is 0. The molecule has 0 saturated carbocycles. The Morgan fingerprint density at radius 2 is 1.63 bits per heavy atom. The summed E-state index contributed by atoms with van der Waals surface area (Å²) in [5, 5.41) is 5.48. The summed E-state index contributed by atoms with van der Waals surface area (Å²) in [6.45, 7) is 0.569. The molecule has 0 unspecified atom stereocenters. The summed E-state index contributed by atoms with van der Waals surface area (Å²) in [6, 6.07) is 16.4. The molecule has 0 radical (unpaired) electrons. The molecule has 1 heterocycles. The Hall–Kier alpha value is -3.41. The molecule has 3 rings (SSSR count). The van der Waals surface area contributed by atoms with Crippen molar-refractivity contribution in [3.8, 4) is 0 Å². The molecule has 27 heavy (non-hydrogen) atoms. The quantitative estimate of drug-likeness (QED) is 0.674. The van der Waals surface area contributed by atoms with Crippen LogP contribution in [0.4, 0.5) is 4.39 Å². The van der Waals surface area contributed by atoms with Crippen LogP contribution < -0.4 is 10.6 Å². The van der Waals surface area contributed by atoms with Crippen LogP contribution >= 0.6 is 0 Å². The molecule has 1 aromatic heterocycles. The van der Waals surface area contributed by atoms with Gasteiger partial charge in [0.1, 0.15) is 11.6 Å². The minimum atomic E-state index is -0.313. The maximum absolute atomic E-state index is 13.6. The van der Waals surface area contributed by atoms with E-state index in [1.807, 2.05) is 0 Å². The van der Waals surface area contributed by atoms with Gasteiger partial charge in [-0.25, -0.2) is 4.39 Å². The van der Waals surface area contributed by atoms with E-state index >= 15 is 0 Å². The maximum atomic E-state index is 13.6. The second-order valence-electron chi connectivity index (χ2n) is 5.94. The number of carbonyl (C=O) groups excluding carboxylic acids is 2. The standard InChI is InChI=1S/C21H19FN2O3/c22-19-9-2-1-5-15(19)10-11-23-20(25)16-6-3-7-17(13-16)21(26)24-14-18-8-4-12-27-18/h1-9,12-13H,10-11,14H2,(H,23,25)(H,24,26). The van der Waals surface area contributed by atoms with E-state index in [-0.39, 0.29) is 24.2 Å². The Morgan fingerprint density at radius 3 is 2.33 bits per heavy atom. The van der Waals surface area contributed by atoms with Crippen LogP contribution in [0, 0.1) is 5.82 Å². The van der Waals surface area contributed by atoms with Gasteiger partial charge in [-0.1, -0.05) is 24.3 Å². The lowest BCUT2D eigenvalue weighted by molar-refractivity contribution is 0.0948. The Kier molecular flexibility index (Phi) is 5.99. The molecule has 2 aromatic carbocycles. The highest BCUT2D eigenvalue weighted by Crippen LogP contribution is 2.08. The first-order valence-electron chi connectivity index (χ1n) is 8.56. The second kappa shape index (κ2) is 8.80. The van der Waals surface area contributed by atoms with Gasteiger partial charge in [0.05, 0.1) is 12.8 Å². The molecule has 0 aliphatic rings. The lowest BCUT2D eigenvalue weighted by Crippen LogP contribution is -2.27. The molecule has 0 aliphatic heterocycles. The van der Waals surface area contributed by atoms with Crippen molar-refractivity contribution in [3.05, 3.63) is 95.2 Å². The van der Waals surface area contributed by atoms with E-state index in [1.54, 1.807) is 48.5 Å². The van der Waals surface area contributed by atoms with Crippen LogP contribution in [0.3, 0.4) is 0 Å². The average Bonchev–Trinajstić information content (AvgIpc) is 3.21. The molecule has 6 heteroatoms. The van der Waals surface area contributed by atoms with Gasteiger partial charge < -0.3 is 15.1 Å². The number of benzene rings is 2. The Balaban J connectivity index is 1.55. The van der Waals surface area contributed by atoms with E-state index < -0.39 is 0 Å². The van der Waals surface area contributed by atoms with Crippen LogP contribution in [0.15, 0.2) is 71.3 Å². The van der Waals surface area contributed by atoms with Gasteiger partial charge in [-0.3, -0.25) is 9.59 Å². The molecular formula is C21H19FN2O3. The van der Waals surface area contributed by atoms with Crippen molar-refractivity contribution < 1.29 is 18.4 Å². The van der Waals surface area contributed by atoms with Crippen LogP contribution in [0.1, 0.15) is 32.0 Å². The fourth-order valence-electron chi connectivity index (χ4n) is 2.60. The fraction of sp³-hybridized carbons (Fsp3) is 0.143. The van der Waals surface area contributed by atoms with Crippen LogP contribution in [0.25, 0.3) is 0 Å². The zero-order valence-corrected chi connectivity index (χ0v) is 14.6. The van der Waals surface area contributed by atoms with Crippen molar-refractivity contribution in [2.24, 2.45) is 0 Å². The van der Waals surface area contributed by atoms with Crippen LogP contribution in [0.2, 0.25) is 0 Å². The summed E-state index contributed by atoms with van der Waals surface area (Å²) < 4.78 is 18.8. The third-order valence-electron chi connectivity index (χ3n) is 4.03. The highest BCUT2D eigenvalue weighted by molar-refractivity contribution is 5.99. The summed E-state index contributed by atoms with van der Waals surface area (Å²) in [5.74, 6) is -0.258. The van der Waals surface area contributed by atoms with Gasteiger partial charge in [0.15, 0.2) is 0 Å². The fourth-order valence-corrected chi connectivity index (χ4v) is 2.60. The van der Waals surface area contributed by atoms with Crippen LogP contribution in [-0.4, -0.2) is 18.4 Å². The first-order valence-corrected chi connectivity index (χ1v) is 8.56. The highest BCUT2D eigenvalue weighted by atomic mass is 19.1. The number of hydrogen-bond donors (Lipinski definition) is 2. The third-order valence-corrected chi connectivity index (χ3v) is 4.03. The molecule has 0 saturated heterocycles. The van der Waals surface area contributed by atoms with Crippen molar-refractivity contribution in [1.29, 1.82) is 0 Å². The van der Waals surface area contributed by atoms with Gasteiger partial charge in [-0.15, -0.1) is 0 Å². The van der Waals surface area contributed by atoms with Crippen LogP contribution in [0.5, 0.6) is 0 Å². The summed E-state index contributed by atoms with van der Waals surface area (Å²) in [7, 11) is 0. The first kappa shape index (κ1) is 18.4. The molecule has 2 amide bonds. The highest BCUT2D eigenvalue weighted by Gasteiger charge is 2.11. The van der Waals surface area contributed by atoms with Crippen LogP contribution in [-0.2, 0) is 13.0 Å². The van der Waals surface area contributed by atoms with E-state index in [1.165, 1.54) is 18.4 Å². The minimum Gasteiger partial charge on any atom is -0.467 e. The molecule has 5 nitrogen and oxygen atoms in total. The second-order valence-corrected chi connectivity index (χ2v) is 5.94. The average molecular weight is 366 g/mol. The minimum absolute atomic E-state index is 0.269. The third kappa shape index (κ3) is 5.04. The molecule has 0 aliphatic carbocycles. The van der Waals surface area contributed by atoms with Crippen molar-refractivity contribution in [1.82, 2.24) is 10.6 Å². The number of nitrogens with one attached hydrogen (secondary N) is 2. The predicted molar refractivity (Wildman–Crippen MR) is 98.8 cm³/mol. The molecule has 0 atom stereocenters. The molecule has 0 bridgehead atoms. The lowest BCUT2D eigenvalue weighted by atomic mass is 10.1.